The molecule has 7 nitrogen and oxygen atoms in total. The number of carboxylic acids is 2. The van der Waals surface area contributed by atoms with Crippen molar-refractivity contribution in [1.29, 1.82) is 0 Å². The number of hydrogen-bond acceptors (Lipinski definition) is 4. The van der Waals surface area contributed by atoms with Crippen molar-refractivity contribution in [3.8, 4) is 5.75 Å². The molecule has 1 aliphatic rings. The Balaban J connectivity index is 1.58. The average molecular weight is 508 g/mol. The Bertz CT molecular complexity index is 1010. The van der Waals surface area contributed by atoms with E-state index in [9.17, 15) is 24.6 Å². The molecule has 0 saturated heterocycles. The lowest BCUT2D eigenvalue weighted by molar-refractivity contribution is -0.143. The molecule has 2 aromatic rings. The molecule has 1 aliphatic carbocycles. The van der Waals surface area contributed by atoms with E-state index in [2.05, 4.69) is 5.32 Å². The average Bonchev–Trinajstić information content (AvgIpc) is 3.20. The minimum absolute atomic E-state index is 0.0143. The maximum atomic E-state index is 12.6. The molecule has 2 aromatic carbocycles. The largest absolute Gasteiger partial charge is 0.489 e. The number of aliphatic carboxylic acids is 2. The van der Waals surface area contributed by atoms with Crippen LogP contribution in [-0.4, -0.2) is 34.1 Å². The third-order valence-electron chi connectivity index (χ3n) is 6.17. The van der Waals surface area contributed by atoms with Gasteiger partial charge in [0, 0.05) is 28.5 Å². The van der Waals surface area contributed by atoms with Crippen molar-refractivity contribution in [3.63, 3.8) is 0 Å². The zero-order valence-corrected chi connectivity index (χ0v) is 20.1. The Morgan fingerprint density at radius 1 is 0.971 bits per heavy atom. The fourth-order valence-electron chi connectivity index (χ4n) is 4.43. The molecule has 0 spiro atoms. The first kappa shape index (κ1) is 25.8. The van der Waals surface area contributed by atoms with Crippen LogP contribution < -0.4 is 10.1 Å². The van der Waals surface area contributed by atoms with Gasteiger partial charge in [0.15, 0.2) is 0 Å². The number of hydrogen-bond donors (Lipinski definition) is 3. The standard InChI is InChI=1S/C25H27Cl2NO6/c26-19-4-3-5-20(27)18(19)15-34-17-8-6-16(7-9-17)12-21(24(32)33)28-22(29)13-25(14-23(30)31)10-1-2-11-25/h3-9,21H,1-2,10-15H2,(H,28,29)(H,30,31)(H,32,33). The van der Waals surface area contributed by atoms with Gasteiger partial charge in [0.25, 0.3) is 0 Å². The molecule has 34 heavy (non-hydrogen) atoms. The van der Waals surface area contributed by atoms with Gasteiger partial charge < -0.3 is 20.3 Å². The maximum Gasteiger partial charge on any atom is 0.326 e. The molecule has 3 rings (SSSR count). The van der Waals surface area contributed by atoms with Crippen LogP contribution in [0, 0.1) is 5.41 Å². The van der Waals surface area contributed by atoms with Crippen LogP contribution in [0.25, 0.3) is 0 Å². The summed E-state index contributed by atoms with van der Waals surface area (Å²) in [6.45, 7) is 0.184. The Hall–Kier alpha value is -2.77. The third-order valence-corrected chi connectivity index (χ3v) is 6.88. The van der Waals surface area contributed by atoms with Crippen molar-refractivity contribution >= 4 is 41.0 Å². The van der Waals surface area contributed by atoms with Crippen molar-refractivity contribution in [2.24, 2.45) is 5.41 Å². The predicted octanol–water partition coefficient (Wildman–Crippen LogP) is 5.11. The van der Waals surface area contributed by atoms with Crippen LogP contribution in [0.1, 0.15) is 49.7 Å². The van der Waals surface area contributed by atoms with Gasteiger partial charge in [0.1, 0.15) is 18.4 Å². The summed E-state index contributed by atoms with van der Waals surface area (Å²) in [5, 5.41) is 22.4. The number of carboxylic acid groups (broad SMARTS) is 2. The maximum absolute atomic E-state index is 12.6. The van der Waals surface area contributed by atoms with E-state index in [1.54, 1.807) is 42.5 Å². The highest BCUT2D eigenvalue weighted by Gasteiger charge is 2.38. The number of rotatable bonds is 11. The predicted molar refractivity (Wildman–Crippen MR) is 128 cm³/mol. The van der Waals surface area contributed by atoms with Gasteiger partial charge in [0.05, 0.1) is 6.42 Å². The molecule has 1 fully saturated rings. The molecule has 182 valence electrons. The molecule has 1 saturated carbocycles. The highest BCUT2D eigenvalue weighted by Crippen LogP contribution is 2.44. The zero-order valence-electron chi connectivity index (χ0n) is 18.6. The molecule has 9 heteroatoms. The number of carbonyl (C=O) groups is 3. The Kier molecular flexibility index (Phi) is 8.80. The number of halogens is 2. The lowest BCUT2D eigenvalue weighted by Crippen LogP contribution is -2.44. The molecular weight excluding hydrogens is 481 g/mol. The van der Waals surface area contributed by atoms with Crippen molar-refractivity contribution in [2.45, 2.75) is 57.6 Å². The third kappa shape index (κ3) is 7.11. The van der Waals surface area contributed by atoms with Crippen LogP contribution in [0.4, 0.5) is 0 Å². The molecule has 0 aromatic heterocycles. The molecule has 0 aliphatic heterocycles. The minimum Gasteiger partial charge on any atom is -0.489 e. The lowest BCUT2D eigenvalue weighted by atomic mass is 9.79. The first-order valence-electron chi connectivity index (χ1n) is 11.1. The fraction of sp³-hybridized carbons (Fsp3) is 0.400. The van der Waals surface area contributed by atoms with Crippen LogP contribution in [0.5, 0.6) is 5.75 Å². The summed E-state index contributed by atoms with van der Waals surface area (Å²) in [6, 6.07) is 11.0. The summed E-state index contributed by atoms with van der Waals surface area (Å²) in [5.74, 6) is -1.97. The summed E-state index contributed by atoms with van der Waals surface area (Å²) in [5.41, 5.74) is 0.783. The monoisotopic (exact) mass is 507 g/mol. The van der Waals surface area contributed by atoms with Crippen LogP contribution in [0.3, 0.4) is 0 Å². The van der Waals surface area contributed by atoms with Gasteiger partial charge in [-0.3, -0.25) is 9.59 Å². The summed E-state index contributed by atoms with van der Waals surface area (Å²) >= 11 is 12.3. The zero-order chi connectivity index (χ0) is 24.7. The van der Waals surface area contributed by atoms with Gasteiger partial charge in [-0.1, -0.05) is 54.2 Å². The summed E-state index contributed by atoms with van der Waals surface area (Å²) < 4.78 is 5.74. The first-order valence-corrected chi connectivity index (χ1v) is 11.8. The minimum atomic E-state index is -1.15. The lowest BCUT2D eigenvalue weighted by Gasteiger charge is -2.27. The number of carbonyl (C=O) groups excluding carboxylic acids is 1. The normalized spacial score (nSPS) is 15.5. The second-order valence-electron chi connectivity index (χ2n) is 8.75. The topological polar surface area (TPSA) is 113 Å². The quantitative estimate of drug-likeness (QED) is 0.389. The molecule has 0 heterocycles. The van der Waals surface area contributed by atoms with Crippen LogP contribution in [0.2, 0.25) is 10.0 Å². The molecule has 0 radical (unpaired) electrons. The SMILES string of the molecule is O=C(O)CC1(CC(=O)NC(Cc2ccc(OCc3c(Cl)cccc3Cl)cc2)C(=O)O)CCCC1. The second kappa shape index (κ2) is 11.6. The Labute approximate surface area is 208 Å². The highest BCUT2D eigenvalue weighted by atomic mass is 35.5. The highest BCUT2D eigenvalue weighted by molar-refractivity contribution is 6.35. The molecular formula is C25H27Cl2NO6. The number of benzene rings is 2. The number of nitrogens with one attached hydrogen (secondary N) is 1. The van der Waals surface area contributed by atoms with E-state index in [0.29, 0.717) is 39.8 Å². The van der Waals surface area contributed by atoms with E-state index < -0.39 is 29.3 Å². The van der Waals surface area contributed by atoms with Crippen molar-refractivity contribution in [2.75, 3.05) is 0 Å². The van der Waals surface area contributed by atoms with Gasteiger partial charge in [-0.05, 0) is 48.1 Å². The van der Waals surface area contributed by atoms with E-state index in [-0.39, 0.29) is 25.9 Å². The Morgan fingerprint density at radius 3 is 2.15 bits per heavy atom. The molecule has 1 amide bonds. The van der Waals surface area contributed by atoms with Crippen molar-refractivity contribution in [1.82, 2.24) is 5.32 Å². The van der Waals surface area contributed by atoms with Crippen molar-refractivity contribution in [3.05, 3.63) is 63.6 Å². The van der Waals surface area contributed by atoms with E-state index in [0.717, 1.165) is 12.8 Å². The van der Waals surface area contributed by atoms with Crippen molar-refractivity contribution < 1.29 is 29.3 Å². The number of ether oxygens (including phenoxy) is 1. The molecule has 3 N–H and O–H groups in total. The van der Waals surface area contributed by atoms with E-state index in [1.165, 1.54) is 0 Å². The van der Waals surface area contributed by atoms with Crippen LogP contribution >= 0.6 is 23.2 Å². The first-order chi connectivity index (χ1) is 16.2. The molecule has 0 bridgehead atoms. The summed E-state index contributed by atoms with van der Waals surface area (Å²) in [4.78, 5) is 35.6. The summed E-state index contributed by atoms with van der Waals surface area (Å²) in [7, 11) is 0. The van der Waals surface area contributed by atoms with Gasteiger partial charge >= 0.3 is 11.9 Å². The van der Waals surface area contributed by atoms with Gasteiger partial charge in [-0.15, -0.1) is 0 Å². The van der Waals surface area contributed by atoms with Crippen LogP contribution in [-0.2, 0) is 27.4 Å². The summed E-state index contributed by atoms with van der Waals surface area (Å²) in [6.07, 6.45) is 3.08. The Morgan fingerprint density at radius 2 is 1.59 bits per heavy atom. The molecule has 1 atom stereocenters. The van der Waals surface area contributed by atoms with E-state index in [4.69, 9.17) is 27.9 Å². The fourth-order valence-corrected chi connectivity index (χ4v) is 4.94. The van der Waals surface area contributed by atoms with Gasteiger partial charge in [0.2, 0.25) is 5.91 Å². The number of amides is 1. The van der Waals surface area contributed by atoms with Gasteiger partial charge in [-0.25, -0.2) is 4.79 Å². The van der Waals surface area contributed by atoms with E-state index >= 15 is 0 Å². The van der Waals surface area contributed by atoms with Crippen LogP contribution in [0.15, 0.2) is 42.5 Å². The second-order valence-corrected chi connectivity index (χ2v) is 9.56. The smallest absolute Gasteiger partial charge is 0.326 e. The van der Waals surface area contributed by atoms with Gasteiger partial charge in [-0.2, -0.15) is 0 Å². The molecule has 1 unspecified atom stereocenters. The van der Waals surface area contributed by atoms with E-state index in [1.807, 2.05) is 0 Å².